The number of aromatic nitrogens is 1. The molecule has 1 aliphatic heterocycles. The van der Waals surface area contributed by atoms with Gasteiger partial charge in [-0.25, -0.2) is 10.4 Å². The summed E-state index contributed by atoms with van der Waals surface area (Å²) in [6, 6.07) is 15.7. The van der Waals surface area contributed by atoms with Gasteiger partial charge in [0.25, 0.3) is 5.91 Å². The van der Waals surface area contributed by atoms with E-state index < -0.39 is 6.04 Å². The van der Waals surface area contributed by atoms with Gasteiger partial charge in [-0.05, 0) is 43.7 Å². The number of morpholine rings is 1. The fraction of sp³-hybridized carbons (Fsp3) is 0.318. The summed E-state index contributed by atoms with van der Waals surface area (Å²) in [5, 5.41) is 8.14. The number of nitrogens with zero attached hydrogens (tertiary/aromatic N) is 3. The van der Waals surface area contributed by atoms with Gasteiger partial charge in [-0.15, -0.1) is 0 Å². The minimum Gasteiger partial charge on any atom is -0.378 e. The zero-order chi connectivity index (χ0) is 20.9. The number of nitrogens with one attached hydrogen (secondary N) is 2. The number of hydrazone groups is 1. The number of rotatable bonds is 6. The molecule has 0 spiro atoms. The molecule has 0 saturated carbocycles. The SMILES string of the molecule is C/C(=N/NC(=O)[C@H](C)Nc1nc2ccccc2s1)c1ccc(N2CCOCC2)cc1. The molecule has 2 N–H and O–H groups in total. The van der Waals surface area contributed by atoms with E-state index in [1.807, 2.05) is 43.3 Å². The van der Waals surface area contributed by atoms with Crippen LogP contribution in [-0.4, -0.2) is 48.9 Å². The summed E-state index contributed by atoms with van der Waals surface area (Å²) >= 11 is 1.53. The molecule has 0 radical (unpaired) electrons. The minimum absolute atomic E-state index is 0.210. The van der Waals surface area contributed by atoms with Crippen LogP contribution in [0.2, 0.25) is 0 Å². The predicted molar refractivity (Wildman–Crippen MR) is 123 cm³/mol. The van der Waals surface area contributed by atoms with Crippen LogP contribution in [0, 0.1) is 0 Å². The van der Waals surface area contributed by atoms with Crippen LogP contribution in [0.25, 0.3) is 10.2 Å². The molecule has 30 heavy (non-hydrogen) atoms. The van der Waals surface area contributed by atoms with Crippen molar-refractivity contribution in [3.8, 4) is 0 Å². The topological polar surface area (TPSA) is 78.8 Å². The van der Waals surface area contributed by atoms with Crippen LogP contribution in [0.3, 0.4) is 0 Å². The average molecular weight is 424 g/mol. The summed E-state index contributed by atoms with van der Waals surface area (Å²) in [4.78, 5) is 19.2. The molecule has 0 aliphatic carbocycles. The lowest BCUT2D eigenvalue weighted by molar-refractivity contribution is -0.121. The summed E-state index contributed by atoms with van der Waals surface area (Å²) in [5.41, 5.74) is 6.47. The fourth-order valence-corrected chi connectivity index (χ4v) is 4.17. The lowest BCUT2D eigenvalue weighted by atomic mass is 10.1. The third-order valence-corrected chi connectivity index (χ3v) is 5.99. The molecule has 156 valence electrons. The van der Waals surface area contributed by atoms with Gasteiger partial charge in [-0.3, -0.25) is 4.79 Å². The molecule has 1 fully saturated rings. The standard InChI is InChI=1S/C22H25N5O2S/c1-15(17-7-9-18(10-8-17)27-11-13-29-14-12-27)25-26-21(28)16(2)23-22-24-19-5-3-4-6-20(19)30-22/h3-10,16H,11-14H2,1-2H3,(H,23,24)(H,26,28)/b25-15-/t16-/m0/s1. The number of carbonyl (C=O) groups is 1. The van der Waals surface area contributed by atoms with Gasteiger partial charge in [-0.1, -0.05) is 35.6 Å². The second kappa shape index (κ2) is 9.23. The zero-order valence-electron chi connectivity index (χ0n) is 17.1. The molecule has 0 unspecified atom stereocenters. The number of carbonyl (C=O) groups excluding carboxylic acids is 1. The first-order chi connectivity index (χ1) is 14.6. The molecule has 1 atom stereocenters. The Kier molecular flexibility index (Phi) is 6.25. The van der Waals surface area contributed by atoms with Gasteiger partial charge >= 0.3 is 0 Å². The number of hydrogen-bond donors (Lipinski definition) is 2. The van der Waals surface area contributed by atoms with Crippen molar-refractivity contribution in [1.82, 2.24) is 10.4 Å². The van der Waals surface area contributed by atoms with Crippen LogP contribution in [0.1, 0.15) is 19.4 Å². The Bertz CT molecular complexity index is 1010. The van der Waals surface area contributed by atoms with Crippen molar-refractivity contribution < 1.29 is 9.53 Å². The molecule has 7 nitrogen and oxygen atoms in total. The van der Waals surface area contributed by atoms with Gasteiger partial charge in [0, 0.05) is 18.8 Å². The first-order valence-electron chi connectivity index (χ1n) is 9.99. The highest BCUT2D eigenvalue weighted by Gasteiger charge is 2.15. The van der Waals surface area contributed by atoms with Gasteiger partial charge in [0.2, 0.25) is 0 Å². The molecular weight excluding hydrogens is 398 g/mol. The van der Waals surface area contributed by atoms with E-state index in [1.54, 1.807) is 6.92 Å². The number of amides is 1. The van der Waals surface area contributed by atoms with Crippen LogP contribution >= 0.6 is 11.3 Å². The fourth-order valence-electron chi connectivity index (χ4n) is 3.22. The second-order valence-electron chi connectivity index (χ2n) is 7.17. The summed E-state index contributed by atoms with van der Waals surface area (Å²) in [7, 11) is 0. The molecular formula is C22H25N5O2S. The van der Waals surface area contributed by atoms with Crippen molar-refractivity contribution in [3.63, 3.8) is 0 Å². The second-order valence-corrected chi connectivity index (χ2v) is 8.20. The largest absolute Gasteiger partial charge is 0.378 e. The van der Waals surface area contributed by atoms with Gasteiger partial charge in [0.05, 0.1) is 29.1 Å². The summed E-state index contributed by atoms with van der Waals surface area (Å²) in [5.74, 6) is -0.210. The highest BCUT2D eigenvalue weighted by atomic mass is 32.1. The van der Waals surface area contributed by atoms with Crippen LogP contribution in [0.4, 0.5) is 10.8 Å². The number of ether oxygens (including phenoxy) is 1. The molecule has 4 rings (SSSR count). The number of benzene rings is 2. The first-order valence-corrected chi connectivity index (χ1v) is 10.8. The predicted octanol–water partition coefficient (Wildman–Crippen LogP) is 3.47. The van der Waals surface area contributed by atoms with Crippen molar-refractivity contribution >= 4 is 44.0 Å². The molecule has 2 heterocycles. The molecule has 0 bridgehead atoms. The lowest BCUT2D eigenvalue weighted by Gasteiger charge is -2.28. The number of hydrogen-bond acceptors (Lipinski definition) is 7. The molecule has 8 heteroatoms. The quantitative estimate of drug-likeness (QED) is 0.469. The molecule has 1 aliphatic rings. The van der Waals surface area contributed by atoms with E-state index >= 15 is 0 Å². The average Bonchev–Trinajstić information content (AvgIpc) is 3.20. The normalized spacial score (nSPS) is 15.8. The van der Waals surface area contributed by atoms with E-state index in [2.05, 4.69) is 37.9 Å². The van der Waals surface area contributed by atoms with Gasteiger partial charge in [-0.2, -0.15) is 5.10 Å². The number of thiazole rings is 1. The maximum atomic E-state index is 12.4. The molecule has 2 aromatic carbocycles. The van der Waals surface area contributed by atoms with Crippen LogP contribution in [0.5, 0.6) is 0 Å². The van der Waals surface area contributed by atoms with Gasteiger partial charge in [0.1, 0.15) is 6.04 Å². The smallest absolute Gasteiger partial charge is 0.262 e. The van der Waals surface area contributed by atoms with E-state index in [0.29, 0.717) is 0 Å². The van der Waals surface area contributed by atoms with Crippen LogP contribution in [0.15, 0.2) is 53.6 Å². The highest BCUT2D eigenvalue weighted by Crippen LogP contribution is 2.25. The number of para-hydroxylation sites is 1. The molecule has 1 amide bonds. The zero-order valence-corrected chi connectivity index (χ0v) is 17.9. The Hall–Kier alpha value is -2.97. The van der Waals surface area contributed by atoms with Gasteiger partial charge < -0.3 is 15.0 Å². The maximum Gasteiger partial charge on any atom is 0.262 e. The summed E-state index contributed by atoms with van der Waals surface area (Å²) < 4.78 is 6.49. The molecule has 1 aromatic heterocycles. The maximum absolute atomic E-state index is 12.4. The Morgan fingerprint density at radius 3 is 2.63 bits per heavy atom. The third kappa shape index (κ3) is 4.77. The minimum atomic E-state index is -0.453. The van der Waals surface area contributed by atoms with E-state index in [4.69, 9.17) is 4.74 Å². The first kappa shape index (κ1) is 20.3. The van der Waals surface area contributed by atoms with Crippen molar-refractivity contribution in [2.45, 2.75) is 19.9 Å². The van der Waals surface area contributed by atoms with Gasteiger partial charge in [0.15, 0.2) is 5.13 Å². The number of fused-ring (bicyclic) bond motifs is 1. The van der Waals surface area contributed by atoms with Crippen LogP contribution < -0.4 is 15.6 Å². The van der Waals surface area contributed by atoms with E-state index in [-0.39, 0.29) is 5.91 Å². The Labute approximate surface area is 179 Å². The third-order valence-electron chi connectivity index (χ3n) is 5.02. The monoisotopic (exact) mass is 423 g/mol. The summed E-state index contributed by atoms with van der Waals surface area (Å²) in [6.45, 7) is 7.01. The van der Waals surface area contributed by atoms with Crippen LogP contribution in [-0.2, 0) is 9.53 Å². The van der Waals surface area contributed by atoms with Crippen molar-refractivity contribution in [2.24, 2.45) is 5.10 Å². The van der Waals surface area contributed by atoms with Crippen molar-refractivity contribution in [3.05, 3.63) is 54.1 Å². The summed E-state index contributed by atoms with van der Waals surface area (Å²) in [6.07, 6.45) is 0. The molecule has 1 saturated heterocycles. The van der Waals surface area contributed by atoms with E-state index in [0.717, 1.165) is 52.9 Å². The number of anilines is 2. The van der Waals surface area contributed by atoms with Crippen molar-refractivity contribution in [1.29, 1.82) is 0 Å². The Morgan fingerprint density at radius 2 is 1.90 bits per heavy atom. The van der Waals surface area contributed by atoms with Crippen molar-refractivity contribution in [2.75, 3.05) is 36.5 Å². The lowest BCUT2D eigenvalue weighted by Crippen LogP contribution is -2.36. The van der Waals surface area contributed by atoms with E-state index in [1.165, 1.54) is 17.0 Å². The Morgan fingerprint density at radius 1 is 1.17 bits per heavy atom. The molecule has 3 aromatic rings. The highest BCUT2D eigenvalue weighted by molar-refractivity contribution is 7.22. The van der Waals surface area contributed by atoms with E-state index in [9.17, 15) is 4.79 Å². The Balaban J connectivity index is 1.34.